The number of rotatable bonds is 8. The SMILES string of the molecule is C=NC(=NC(=NCc1ccccc1)c1ccccc1)c1cccc(-c2cccc3c2c2ccccc2n3-c2cccc(-c3ccc4c5ccccc5n(-c5ccccc5)c4c3)c2)c1. The molecular weight excluding hydrogens is 767 g/mol. The fourth-order valence-corrected chi connectivity index (χ4v) is 9.01. The number of amidine groups is 2. The first-order valence-corrected chi connectivity index (χ1v) is 21.2. The third-order valence-electron chi connectivity index (χ3n) is 11.9. The fraction of sp³-hybridized carbons (Fsp3) is 0.0172. The molecule has 0 fully saturated rings. The van der Waals surface area contributed by atoms with Gasteiger partial charge in [-0.05, 0) is 89.1 Å². The van der Waals surface area contributed by atoms with E-state index in [9.17, 15) is 0 Å². The van der Waals surface area contributed by atoms with Crippen molar-refractivity contribution in [3.63, 3.8) is 0 Å². The summed E-state index contributed by atoms with van der Waals surface area (Å²) >= 11 is 0. The van der Waals surface area contributed by atoms with Crippen LogP contribution in [0.15, 0.2) is 239 Å². The molecule has 63 heavy (non-hydrogen) atoms. The number of hydrogen-bond acceptors (Lipinski definition) is 1. The van der Waals surface area contributed by atoms with E-state index < -0.39 is 0 Å². The minimum absolute atomic E-state index is 0.503. The van der Waals surface area contributed by atoms with Gasteiger partial charge in [-0.1, -0.05) is 170 Å². The molecule has 0 saturated carbocycles. The van der Waals surface area contributed by atoms with E-state index in [0.717, 1.165) is 61.4 Å². The van der Waals surface area contributed by atoms with Crippen LogP contribution in [0.3, 0.4) is 0 Å². The number of para-hydroxylation sites is 3. The lowest BCUT2D eigenvalue weighted by atomic mass is 9.97. The molecule has 2 heterocycles. The summed E-state index contributed by atoms with van der Waals surface area (Å²) in [7, 11) is 0. The molecule has 0 amide bonds. The van der Waals surface area contributed by atoms with Gasteiger partial charge in [0.05, 0.1) is 28.6 Å². The molecule has 5 nitrogen and oxygen atoms in total. The molecule has 0 radical (unpaired) electrons. The van der Waals surface area contributed by atoms with Crippen LogP contribution in [-0.2, 0) is 6.54 Å². The van der Waals surface area contributed by atoms with Crippen LogP contribution < -0.4 is 0 Å². The topological polar surface area (TPSA) is 46.9 Å². The van der Waals surface area contributed by atoms with E-state index in [2.05, 4.69) is 191 Å². The molecule has 0 N–H and O–H groups in total. The van der Waals surface area contributed by atoms with Crippen LogP contribution in [0.25, 0.3) is 77.2 Å². The molecule has 11 rings (SSSR count). The maximum atomic E-state index is 5.05. The normalized spacial score (nSPS) is 12.1. The third-order valence-corrected chi connectivity index (χ3v) is 11.9. The van der Waals surface area contributed by atoms with Crippen molar-refractivity contribution >= 4 is 62.0 Å². The smallest absolute Gasteiger partial charge is 0.161 e. The number of hydrogen-bond donors (Lipinski definition) is 0. The van der Waals surface area contributed by atoms with Gasteiger partial charge in [-0.25, -0.2) is 9.98 Å². The van der Waals surface area contributed by atoms with Gasteiger partial charge in [0.15, 0.2) is 11.7 Å². The van der Waals surface area contributed by atoms with Crippen molar-refractivity contribution in [1.82, 2.24) is 9.13 Å². The Bertz CT molecular complexity index is 3540. The van der Waals surface area contributed by atoms with E-state index in [1.54, 1.807) is 0 Å². The van der Waals surface area contributed by atoms with E-state index in [1.807, 2.05) is 54.6 Å². The summed E-state index contributed by atoms with van der Waals surface area (Å²) in [6.07, 6.45) is 0. The molecule has 298 valence electrons. The van der Waals surface area contributed by atoms with Gasteiger partial charge in [0.25, 0.3) is 0 Å². The average molecular weight is 808 g/mol. The summed E-state index contributed by atoms with van der Waals surface area (Å²) in [5.41, 5.74) is 14.3. The van der Waals surface area contributed by atoms with Crippen LogP contribution in [0.4, 0.5) is 0 Å². The Morgan fingerprint density at radius 1 is 0.397 bits per heavy atom. The Morgan fingerprint density at radius 3 is 1.76 bits per heavy atom. The molecule has 2 aromatic heterocycles. The summed E-state index contributed by atoms with van der Waals surface area (Å²) in [6.45, 7) is 4.47. The minimum Gasteiger partial charge on any atom is -0.309 e. The molecular formula is C58H41N5. The van der Waals surface area contributed by atoms with Crippen LogP contribution in [-0.4, -0.2) is 27.5 Å². The number of aromatic nitrogens is 2. The number of nitrogens with zero attached hydrogens (tertiary/aromatic N) is 5. The van der Waals surface area contributed by atoms with Gasteiger partial charge in [0.2, 0.25) is 0 Å². The summed E-state index contributed by atoms with van der Waals surface area (Å²) in [4.78, 5) is 14.5. The maximum Gasteiger partial charge on any atom is 0.161 e. The lowest BCUT2D eigenvalue weighted by Gasteiger charge is -2.12. The van der Waals surface area contributed by atoms with Crippen molar-refractivity contribution in [2.45, 2.75) is 6.54 Å². The highest BCUT2D eigenvalue weighted by Crippen LogP contribution is 2.40. The summed E-state index contributed by atoms with van der Waals surface area (Å²) in [6, 6.07) is 79.2. The van der Waals surface area contributed by atoms with Gasteiger partial charge < -0.3 is 9.13 Å². The Balaban J connectivity index is 1.01. The molecule has 5 heteroatoms. The molecule has 11 aromatic rings. The summed E-state index contributed by atoms with van der Waals surface area (Å²) < 4.78 is 4.78. The molecule has 0 saturated heterocycles. The zero-order chi connectivity index (χ0) is 42.1. The monoisotopic (exact) mass is 807 g/mol. The second-order valence-electron chi connectivity index (χ2n) is 15.7. The van der Waals surface area contributed by atoms with Gasteiger partial charge in [0, 0.05) is 44.0 Å². The van der Waals surface area contributed by atoms with E-state index >= 15 is 0 Å². The standard InChI is InChI=1S/C58H41N5/c1-59-57(61-58(41-20-7-3-8-21-41)60-39-40-18-5-2-6-19-40)45-24-15-23-44(36-45)48-30-17-33-54-56(48)51-29-12-14-32-53(51)63(54)47-27-16-22-42(37-47)43-34-35-50-49-28-11-13-31-52(49)62(55(50)38-43)46-25-9-4-10-26-46/h2-38H,1,39H2. The van der Waals surface area contributed by atoms with E-state index in [0.29, 0.717) is 18.2 Å². The largest absolute Gasteiger partial charge is 0.309 e. The van der Waals surface area contributed by atoms with E-state index in [4.69, 9.17) is 9.98 Å². The van der Waals surface area contributed by atoms with Crippen LogP contribution >= 0.6 is 0 Å². The van der Waals surface area contributed by atoms with Gasteiger partial charge >= 0.3 is 0 Å². The van der Waals surface area contributed by atoms with Gasteiger partial charge in [-0.3, -0.25) is 4.99 Å². The van der Waals surface area contributed by atoms with Crippen molar-refractivity contribution in [3.05, 3.63) is 241 Å². The summed E-state index contributed by atoms with van der Waals surface area (Å²) in [5.74, 6) is 1.12. The van der Waals surface area contributed by atoms with Gasteiger partial charge in [-0.15, -0.1) is 0 Å². The van der Waals surface area contributed by atoms with E-state index in [1.165, 1.54) is 32.6 Å². The van der Waals surface area contributed by atoms with Crippen molar-refractivity contribution in [1.29, 1.82) is 0 Å². The highest BCUT2D eigenvalue weighted by atomic mass is 15.0. The zero-order valence-electron chi connectivity index (χ0n) is 34.5. The molecule has 0 bridgehead atoms. The van der Waals surface area contributed by atoms with Crippen LogP contribution in [0.5, 0.6) is 0 Å². The van der Waals surface area contributed by atoms with Crippen LogP contribution in [0.1, 0.15) is 16.7 Å². The molecule has 0 atom stereocenters. The van der Waals surface area contributed by atoms with Crippen LogP contribution in [0.2, 0.25) is 0 Å². The first kappa shape index (κ1) is 37.6. The highest BCUT2D eigenvalue weighted by Gasteiger charge is 2.18. The van der Waals surface area contributed by atoms with E-state index in [-0.39, 0.29) is 0 Å². The minimum atomic E-state index is 0.503. The van der Waals surface area contributed by atoms with Gasteiger partial charge in [-0.2, -0.15) is 0 Å². The number of aliphatic imine (C=N–C) groups is 3. The molecule has 0 unspecified atom stereocenters. The molecule has 0 aliphatic carbocycles. The molecule has 9 aromatic carbocycles. The average Bonchev–Trinajstić information content (AvgIpc) is 3.88. The van der Waals surface area contributed by atoms with Crippen molar-refractivity contribution < 1.29 is 0 Å². The second kappa shape index (κ2) is 16.2. The number of benzene rings is 9. The zero-order valence-corrected chi connectivity index (χ0v) is 34.5. The predicted octanol–water partition coefficient (Wildman–Crippen LogP) is 14.3. The third kappa shape index (κ3) is 6.92. The Hall–Kier alpha value is -8.41. The first-order chi connectivity index (χ1) is 31.2. The van der Waals surface area contributed by atoms with Crippen molar-refractivity contribution in [2.75, 3.05) is 0 Å². The number of fused-ring (bicyclic) bond motifs is 6. The molecule has 0 aliphatic heterocycles. The highest BCUT2D eigenvalue weighted by molar-refractivity contribution is 6.17. The molecule has 0 spiro atoms. The predicted molar refractivity (Wildman–Crippen MR) is 265 cm³/mol. The maximum absolute atomic E-state index is 5.05. The van der Waals surface area contributed by atoms with Crippen LogP contribution in [0, 0.1) is 0 Å². The lowest BCUT2D eigenvalue weighted by Crippen LogP contribution is -2.05. The fourth-order valence-electron chi connectivity index (χ4n) is 9.01. The quantitative estimate of drug-likeness (QED) is 0.108. The molecule has 0 aliphatic rings. The van der Waals surface area contributed by atoms with Gasteiger partial charge in [0.1, 0.15) is 0 Å². The van der Waals surface area contributed by atoms with Crippen molar-refractivity contribution in [2.24, 2.45) is 15.0 Å². The second-order valence-corrected chi connectivity index (χ2v) is 15.7. The van der Waals surface area contributed by atoms with Crippen molar-refractivity contribution in [3.8, 4) is 33.6 Å². The Labute approximate surface area is 365 Å². The Kier molecular flexibility index (Phi) is 9.68. The first-order valence-electron chi connectivity index (χ1n) is 21.2. The lowest BCUT2D eigenvalue weighted by molar-refractivity contribution is 1.06. The Morgan fingerprint density at radius 2 is 0.968 bits per heavy atom. The summed E-state index contributed by atoms with van der Waals surface area (Å²) in [5, 5.41) is 4.85.